The van der Waals surface area contributed by atoms with Gasteiger partial charge in [-0.1, -0.05) is 23.2 Å². The lowest BCUT2D eigenvalue weighted by atomic mass is 10.1. The van der Waals surface area contributed by atoms with Gasteiger partial charge in [-0.25, -0.2) is 4.39 Å². The predicted octanol–water partition coefficient (Wildman–Crippen LogP) is 5.22. The number of nitrogens with one attached hydrogen (secondary N) is 2. The Morgan fingerprint density at radius 2 is 1.90 bits per heavy atom. The smallest absolute Gasteiger partial charge is 0.253 e. The number of benzene rings is 2. The SMILES string of the molecule is CSCCC(NC(=O)c1ccc(Cl)cc1Cl)C(=O)Nc1ccc(N2CCCC2)c(F)c1. The molecule has 1 fully saturated rings. The van der Waals surface area contributed by atoms with Gasteiger partial charge < -0.3 is 15.5 Å². The summed E-state index contributed by atoms with van der Waals surface area (Å²) in [6.07, 6.45) is 4.43. The van der Waals surface area contributed by atoms with Crippen molar-refractivity contribution >= 4 is 58.2 Å². The van der Waals surface area contributed by atoms with E-state index in [0.29, 0.717) is 28.6 Å². The van der Waals surface area contributed by atoms with Gasteiger partial charge in [0.15, 0.2) is 0 Å². The molecule has 31 heavy (non-hydrogen) atoms. The molecular weight excluding hydrogens is 460 g/mol. The molecule has 1 heterocycles. The van der Waals surface area contributed by atoms with Gasteiger partial charge in [0.05, 0.1) is 16.3 Å². The first-order chi connectivity index (χ1) is 14.9. The van der Waals surface area contributed by atoms with Crippen molar-refractivity contribution in [2.24, 2.45) is 0 Å². The zero-order chi connectivity index (χ0) is 22.4. The zero-order valence-corrected chi connectivity index (χ0v) is 19.4. The van der Waals surface area contributed by atoms with E-state index in [1.165, 1.54) is 18.2 Å². The molecule has 3 rings (SSSR count). The fraction of sp³-hybridized carbons (Fsp3) is 0.364. The number of carbonyl (C=O) groups is 2. The number of rotatable bonds is 8. The summed E-state index contributed by atoms with van der Waals surface area (Å²) in [6, 6.07) is 8.42. The van der Waals surface area contributed by atoms with Crippen molar-refractivity contribution in [2.75, 3.05) is 35.3 Å². The zero-order valence-electron chi connectivity index (χ0n) is 17.1. The van der Waals surface area contributed by atoms with Crippen LogP contribution in [0.15, 0.2) is 36.4 Å². The molecule has 166 valence electrons. The highest BCUT2D eigenvalue weighted by atomic mass is 35.5. The van der Waals surface area contributed by atoms with Crippen molar-refractivity contribution < 1.29 is 14.0 Å². The molecule has 1 aliphatic heterocycles. The number of carbonyl (C=O) groups excluding carboxylic acids is 2. The Morgan fingerprint density at radius 1 is 1.16 bits per heavy atom. The molecule has 0 aliphatic carbocycles. The average molecular weight is 484 g/mol. The van der Waals surface area contributed by atoms with E-state index in [9.17, 15) is 14.0 Å². The summed E-state index contributed by atoms with van der Waals surface area (Å²) in [6.45, 7) is 1.66. The minimum atomic E-state index is -0.798. The first-order valence-corrected chi connectivity index (χ1v) is 12.1. The van der Waals surface area contributed by atoms with Crippen LogP contribution in [-0.4, -0.2) is 43.0 Å². The van der Waals surface area contributed by atoms with Crippen LogP contribution >= 0.6 is 35.0 Å². The topological polar surface area (TPSA) is 61.4 Å². The molecule has 1 unspecified atom stereocenters. The normalized spacial score (nSPS) is 14.4. The van der Waals surface area contributed by atoms with Crippen LogP contribution in [0.4, 0.5) is 15.8 Å². The summed E-state index contributed by atoms with van der Waals surface area (Å²) in [4.78, 5) is 27.5. The van der Waals surface area contributed by atoms with Crippen LogP contribution in [0.25, 0.3) is 0 Å². The van der Waals surface area contributed by atoms with E-state index in [-0.39, 0.29) is 16.4 Å². The van der Waals surface area contributed by atoms with Crippen molar-refractivity contribution in [1.29, 1.82) is 0 Å². The van der Waals surface area contributed by atoms with Crippen molar-refractivity contribution in [3.8, 4) is 0 Å². The minimum absolute atomic E-state index is 0.202. The van der Waals surface area contributed by atoms with Gasteiger partial charge >= 0.3 is 0 Å². The Morgan fingerprint density at radius 3 is 2.55 bits per heavy atom. The lowest BCUT2D eigenvalue weighted by Gasteiger charge is -2.20. The quantitative estimate of drug-likeness (QED) is 0.539. The highest BCUT2D eigenvalue weighted by molar-refractivity contribution is 7.98. The number of anilines is 2. The molecule has 9 heteroatoms. The van der Waals surface area contributed by atoms with Gasteiger partial charge in [0.25, 0.3) is 5.91 Å². The third kappa shape index (κ3) is 6.28. The second kappa shape index (κ2) is 11.1. The number of halogens is 3. The van der Waals surface area contributed by atoms with Crippen LogP contribution in [0, 0.1) is 5.82 Å². The fourth-order valence-electron chi connectivity index (χ4n) is 3.44. The largest absolute Gasteiger partial charge is 0.369 e. The van der Waals surface area contributed by atoms with Crippen molar-refractivity contribution in [3.63, 3.8) is 0 Å². The van der Waals surface area contributed by atoms with Crippen LogP contribution in [-0.2, 0) is 4.79 Å². The number of nitrogens with zero attached hydrogens (tertiary/aromatic N) is 1. The molecule has 5 nitrogen and oxygen atoms in total. The number of hydrogen-bond acceptors (Lipinski definition) is 4. The molecule has 2 aromatic rings. The predicted molar refractivity (Wildman–Crippen MR) is 127 cm³/mol. The van der Waals surface area contributed by atoms with Crippen molar-refractivity contribution in [1.82, 2.24) is 5.32 Å². The standard InChI is InChI=1S/C22H24Cl2FN3O2S/c1-31-11-8-19(27-21(29)16-6-4-14(23)12-17(16)24)22(30)26-15-5-7-20(18(25)13-15)28-9-2-3-10-28/h4-7,12-13,19H,2-3,8-11H2,1H3,(H,26,30)(H,27,29). The molecule has 1 aliphatic rings. The van der Waals surface area contributed by atoms with Crippen LogP contribution in [0.5, 0.6) is 0 Å². The molecule has 1 atom stereocenters. The maximum Gasteiger partial charge on any atom is 0.253 e. The molecule has 0 aromatic heterocycles. The van der Waals surface area contributed by atoms with E-state index >= 15 is 0 Å². The lowest BCUT2D eigenvalue weighted by Crippen LogP contribution is -2.44. The van der Waals surface area contributed by atoms with E-state index < -0.39 is 17.9 Å². The molecular formula is C22H24Cl2FN3O2S. The Labute approximate surface area is 195 Å². The minimum Gasteiger partial charge on any atom is -0.369 e. The van der Waals surface area contributed by atoms with Gasteiger partial charge in [-0.05, 0) is 67.7 Å². The summed E-state index contributed by atoms with van der Waals surface area (Å²) in [7, 11) is 0. The lowest BCUT2D eigenvalue weighted by molar-refractivity contribution is -0.118. The van der Waals surface area contributed by atoms with E-state index in [2.05, 4.69) is 10.6 Å². The molecule has 0 bridgehead atoms. The monoisotopic (exact) mass is 483 g/mol. The van der Waals surface area contributed by atoms with Gasteiger partial charge in [0.2, 0.25) is 5.91 Å². The Hall–Kier alpha value is -1.96. The molecule has 2 aromatic carbocycles. The van der Waals surface area contributed by atoms with Gasteiger partial charge in [0.1, 0.15) is 11.9 Å². The van der Waals surface area contributed by atoms with Crippen LogP contribution in [0.2, 0.25) is 10.0 Å². The summed E-state index contributed by atoms with van der Waals surface area (Å²) in [5.41, 5.74) is 1.12. The maximum atomic E-state index is 14.6. The number of amides is 2. The van der Waals surface area contributed by atoms with Crippen molar-refractivity contribution in [3.05, 3.63) is 57.8 Å². The maximum absolute atomic E-state index is 14.6. The molecule has 2 N–H and O–H groups in total. The van der Waals surface area contributed by atoms with Gasteiger partial charge in [-0.2, -0.15) is 11.8 Å². The number of hydrogen-bond donors (Lipinski definition) is 2. The molecule has 2 amide bonds. The fourth-order valence-corrected chi connectivity index (χ4v) is 4.41. The second-order valence-electron chi connectivity index (χ2n) is 7.28. The first-order valence-electron chi connectivity index (χ1n) is 9.99. The average Bonchev–Trinajstić information content (AvgIpc) is 3.25. The summed E-state index contributed by atoms with van der Waals surface area (Å²) < 4.78 is 14.6. The van der Waals surface area contributed by atoms with Crippen LogP contribution < -0.4 is 15.5 Å². The molecule has 1 saturated heterocycles. The van der Waals surface area contributed by atoms with Crippen molar-refractivity contribution in [2.45, 2.75) is 25.3 Å². The molecule has 0 radical (unpaired) electrons. The van der Waals surface area contributed by atoms with E-state index in [1.54, 1.807) is 30.0 Å². The Kier molecular flexibility index (Phi) is 8.46. The summed E-state index contributed by atoms with van der Waals surface area (Å²) >= 11 is 13.6. The third-order valence-corrected chi connectivity index (χ3v) is 6.26. The van der Waals surface area contributed by atoms with Gasteiger partial charge in [-0.15, -0.1) is 0 Å². The summed E-state index contributed by atoms with van der Waals surface area (Å²) in [5.74, 6) is -0.605. The van der Waals surface area contributed by atoms with Crippen LogP contribution in [0.1, 0.15) is 29.6 Å². The van der Waals surface area contributed by atoms with Gasteiger partial charge in [0, 0.05) is 23.8 Å². The van der Waals surface area contributed by atoms with Gasteiger partial charge in [-0.3, -0.25) is 9.59 Å². The number of thioether (sulfide) groups is 1. The highest BCUT2D eigenvalue weighted by Gasteiger charge is 2.23. The first kappa shape index (κ1) is 23.7. The Bertz CT molecular complexity index is 954. The molecule has 0 saturated carbocycles. The van der Waals surface area contributed by atoms with E-state index in [1.807, 2.05) is 11.2 Å². The molecule has 0 spiro atoms. The van der Waals surface area contributed by atoms with Crippen LogP contribution in [0.3, 0.4) is 0 Å². The highest BCUT2D eigenvalue weighted by Crippen LogP contribution is 2.26. The third-order valence-electron chi connectivity index (χ3n) is 5.07. The summed E-state index contributed by atoms with van der Waals surface area (Å²) in [5, 5.41) is 6.06. The Balaban J connectivity index is 1.70. The van der Waals surface area contributed by atoms with E-state index in [4.69, 9.17) is 23.2 Å². The second-order valence-corrected chi connectivity index (χ2v) is 9.11. The van der Waals surface area contributed by atoms with E-state index in [0.717, 1.165) is 25.9 Å².